The third-order valence-corrected chi connectivity index (χ3v) is 5.92. The van der Waals surface area contributed by atoms with Gasteiger partial charge in [-0.05, 0) is 25.5 Å². The molecule has 4 rings (SSSR count). The van der Waals surface area contributed by atoms with Crippen molar-refractivity contribution in [3.05, 3.63) is 84.1 Å². The number of benzene rings is 2. The molecule has 8 heteroatoms. The molecule has 36 heavy (non-hydrogen) atoms. The Morgan fingerprint density at radius 1 is 0.917 bits per heavy atom. The number of nitrogens with one attached hydrogen (secondary N) is 1. The summed E-state index contributed by atoms with van der Waals surface area (Å²) in [5, 5.41) is 7.41. The zero-order chi connectivity index (χ0) is 25.5. The average Bonchev–Trinajstić information content (AvgIpc) is 3.30. The van der Waals surface area contributed by atoms with E-state index in [1.807, 2.05) is 73.3 Å². The molecule has 0 radical (unpaired) electrons. The molecule has 1 aliphatic rings. The maximum absolute atomic E-state index is 12.9. The summed E-state index contributed by atoms with van der Waals surface area (Å²) in [6.45, 7) is 5.65. The lowest BCUT2D eigenvalue weighted by Gasteiger charge is -2.33. The number of carbonyl (C=O) groups excluding carboxylic acids is 3. The molecule has 8 nitrogen and oxygen atoms in total. The van der Waals surface area contributed by atoms with Crippen molar-refractivity contribution < 1.29 is 14.4 Å². The van der Waals surface area contributed by atoms with Crippen molar-refractivity contribution in [3.8, 4) is 11.3 Å². The molecule has 2 aromatic carbocycles. The van der Waals surface area contributed by atoms with E-state index in [-0.39, 0.29) is 11.9 Å². The van der Waals surface area contributed by atoms with Crippen LogP contribution in [0.2, 0.25) is 0 Å². The number of hydrogen-bond acceptors (Lipinski definition) is 4. The monoisotopic (exact) mass is 485 g/mol. The first-order valence-electron chi connectivity index (χ1n) is 12.1. The Kier molecular flexibility index (Phi) is 7.95. The first-order chi connectivity index (χ1) is 17.4. The molecule has 3 aromatic rings. The normalized spacial score (nSPS) is 13.9. The van der Waals surface area contributed by atoms with Crippen LogP contribution in [0.5, 0.6) is 0 Å². The molecular formula is C28H31N5O3. The summed E-state index contributed by atoms with van der Waals surface area (Å²) < 4.78 is 1.88. The van der Waals surface area contributed by atoms with Crippen LogP contribution in [0.1, 0.15) is 25.0 Å². The predicted molar refractivity (Wildman–Crippen MR) is 139 cm³/mol. The molecule has 0 bridgehead atoms. The van der Waals surface area contributed by atoms with Gasteiger partial charge in [-0.3, -0.25) is 19.1 Å². The number of carbonyl (C=O) groups is 3. The zero-order valence-electron chi connectivity index (χ0n) is 20.6. The molecule has 2 heterocycles. The molecule has 0 aliphatic carbocycles. The Balaban J connectivity index is 1.44. The highest BCUT2D eigenvalue weighted by atomic mass is 16.2. The molecule has 1 N–H and O–H groups in total. The van der Waals surface area contributed by atoms with Gasteiger partial charge in [0.2, 0.25) is 5.91 Å². The minimum Gasteiger partial charge on any atom is -0.346 e. The molecular weight excluding hydrogens is 454 g/mol. The van der Waals surface area contributed by atoms with Crippen molar-refractivity contribution in [2.24, 2.45) is 0 Å². The van der Waals surface area contributed by atoms with Crippen LogP contribution in [0, 0.1) is 0 Å². The second kappa shape index (κ2) is 11.5. The second-order valence-corrected chi connectivity index (χ2v) is 9.06. The van der Waals surface area contributed by atoms with Crippen LogP contribution in [0.15, 0.2) is 72.9 Å². The summed E-state index contributed by atoms with van der Waals surface area (Å²) in [5.41, 5.74) is 3.77. The van der Waals surface area contributed by atoms with E-state index in [9.17, 15) is 14.4 Å². The quantitative estimate of drug-likeness (QED) is 0.430. The Hall–Kier alpha value is -4.20. The molecule has 1 fully saturated rings. The fourth-order valence-corrected chi connectivity index (χ4v) is 4.09. The van der Waals surface area contributed by atoms with Gasteiger partial charge >= 0.3 is 11.8 Å². The van der Waals surface area contributed by atoms with Crippen molar-refractivity contribution in [2.75, 3.05) is 26.2 Å². The minimum absolute atomic E-state index is 0.104. The van der Waals surface area contributed by atoms with Crippen LogP contribution in [0.3, 0.4) is 0 Å². The third-order valence-electron chi connectivity index (χ3n) is 5.92. The maximum Gasteiger partial charge on any atom is 0.312 e. The molecule has 0 spiro atoms. The fourth-order valence-electron chi connectivity index (χ4n) is 4.09. The van der Waals surface area contributed by atoms with E-state index in [2.05, 4.69) is 17.4 Å². The van der Waals surface area contributed by atoms with Gasteiger partial charge in [0, 0.05) is 55.6 Å². The zero-order valence-corrected chi connectivity index (χ0v) is 20.6. The number of hydrogen-bond donors (Lipinski definition) is 1. The summed E-state index contributed by atoms with van der Waals surface area (Å²) in [7, 11) is 0. The van der Waals surface area contributed by atoms with E-state index in [1.54, 1.807) is 17.1 Å². The van der Waals surface area contributed by atoms with Crippen LogP contribution in [-0.4, -0.2) is 69.5 Å². The Labute approximate surface area is 211 Å². The standard InChI is InChI=1S/C28H31N5O3/c1-21(2)29-27(35)28(36)32-17-15-31(16-18-32)25(34)14-13-24-20-33(19-22-9-5-3-6-10-22)30-26(24)23-11-7-4-8-12-23/h3-14,20-21H,15-19H2,1-2H3,(H,29,35)/b14-13+. The van der Waals surface area contributed by atoms with Gasteiger partial charge in [0.1, 0.15) is 0 Å². The van der Waals surface area contributed by atoms with E-state index in [4.69, 9.17) is 5.10 Å². The van der Waals surface area contributed by atoms with Crippen LogP contribution < -0.4 is 5.32 Å². The van der Waals surface area contributed by atoms with Crippen LogP contribution in [-0.2, 0) is 20.9 Å². The summed E-state index contributed by atoms with van der Waals surface area (Å²) in [6.07, 6.45) is 5.30. The highest BCUT2D eigenvalue weighted by molar-refractivity contribution is 6.35. The van der Waals surface area contributed by atoms with Crippen LogP contribution in [0.4, 0.5) is 0 Å². The third kappa shape index (κ3) is 6.27. The molecule has 1 saturated heterocycles. The topological polar surface area (TPSA) is 87.5 Å². The minimum atomic E-state index is -0.606. The summed E-state index contributed by atoms with van der Waals surface area (Å²) in [6, 6.07) is 19.9. The van der Waals surface area contributed by atoms with Gasteiger partial charge in [0.25, 0.3) is 0 Å². The van der Waals surface area contributed by atoms with Gasteiger partial charge in [-0.15, -0.1) is 0 Å². The maximum atomic E-state index is 12.9. The lowest BCUT2D eigenvalue weighted by atomic mass is 10.1. The van der Waals surface area contributed by atoms with Crippen molar-refractivity contribution in [1.29, 1.82) is 0 Å². The van der Waals surface area contributed by atoms with Crippen molar-refractivity contribution in [2.45, 2.75) is 26.4 Å². The van der Waals surface area contributed by atoms with Crippen molar-refractivity contribution in [1.82, 2.24) is 24.9 Å². The van der Waals surface area contributed by atoms with E-state index >= 15 is 0 Å². The lowest BCUT2D eigenvalue weighted by Crippen LogP contribution is -2.54. The lowest BCUT2D eigenvalue weighted by molar-refractivity contribution is -0.148. The highest BCUT2D eigenvalue weighted by Gasteiger charge is 2.27. The Morgan fingerprint density at radius 2 is 1.53 bits per heavy atom. The van der Waals surface area contributed by atoms with Crippen LogP contribution >= 0.6 is 0 Å². The molecule has 186 valence electrons. The van der Waals surface area contributed by atoms with Gasteiger partial charge in [0.05, 0.1) is 12.2 Å². The van der Waals surface area contributed by atoms with Gasteiger partial charge in [-0.2, -0.15) is 5.10 Å². The Morgan fingerprint density at radius 3 is 2.17 bits per heavy atom. The van der Waals surface area contributed by atoms with Crippen molar-refractivity contribution in [3.63, 3.8) is 0 Å². The number of piperazine rings is 1. The predicted octanol–water partition coefficient (Wildman–Crippen LogP) is 2.81. The van der Waals surface area contributed by atoms with Crippen molar-refractivity contribution >= 4 is 23.8 Å². The largest absolute Gasteiger partial charge is 0.346 e. The number of nitrogens with zero attached hydrogens (tertiary/aromatic N) is 4. The van der Waals surface area contributed by atoms with Gasteiger partial charge < -0.3 is 15.1 Å². The first-order valence-corrected chi connectivity index (χ1v) is 12.1. The first kappa shape index (κ1) is 24.9. The highest BCUT2D eigenvalue weighted by Crippen LogP contribution is 2.23. The second-order valence-electron chi connectivity index (χ2n) is 9.06. The molecule has 0 unspecified atom stereocenters. The van der Waals surface area contributed by atoms with E-state index in [0.29, 0.717) is 32.7 Å². The number of rotatable bonds is 6. The SMILES string of the molecule is CC(C)NC(=O)C(=O)N1CCN(C(=O)/C=C/c2cn(Cc3ccccc3)nc2-c2ccccc2)CC1. The number of amides is 3. The average molecular weight is 486 g/mol. The summed E-state index contributed by atoms with van der Waals surface area (Å²) in [4.78, 5) is 40.4. The fraction of sp³-hybridized carbons (Fsp3) is 0.286. The Bertz CT molecular complexity index is 1230. The van der Waals surface area contributed by atoms with E-state index in [1.165, 1.54) is 4.90 Å². The van der Waals surface area contributed by atoms with Gasteiger partial charge in [0.15, 0.2) is 0 Å². The molecule has 3 amide bonds. The number of aromatic nitrogens is 2. The van der Waals surface area contributed by atoms with Gasteiger partial charge in [-0.1, -0.05) is 60.7 Å². The molecule has 1 aromatic heterocycles. The van der Waals surface area contributed by atoms with E-state index < -0.39 is 11.8 Å². The summed E-state index contributed by atoms with van der Waals surface area (Å²) >= 11 is 0. The molecule has 0 saturated carbocycles. The summed E-state index contributed by atoms with van der Waals surface area (Å²) in [5.74, 6) is -1.29. The smallest absolute Gasteiger partial charge is 0.312 e. The molecule has 1 aliphatic heterocycles. The van der Waals surface area contributed by atoms with E-state index in [0.717, 1.165) is 22.4 Å². The van der Waals surface area contributed by atoms with Gasteiger partial charge in [-0.25, -0.2) is 0 Å². The van der Waals surface area contributed by atoms with Crippen LogP contribution in [0.25, 0.3) is 17.3 Å². The molecule has 0 atom stereocenters.